The molecule has 0 saturated heterocycles. The molecule has 0 saturated carbocycles. The van der Waals surface area contributed by atoms with E-state index in [1.807, 2.05) is 30.3 Å². The summed E-state index contributed by atoms with van der Waals surface area (Å²) in [6, 6.07) is 9.44. The number of ether oxygens (including phenoxy) is 2. The summed E-state index contributed by atoms with van der Waals surface area (Å²) in [6.07, 6.45) is -0.324. The van der Waals surface area contributed by atoms with E-state index in [9.17, 15) is 0 Å². The fourth-order valence-corrected chi connectivity index (χ4v) is 0.943. The van der Waals surface area contributed by atoms with Crippen LogP contribution in [0.3, 0.4) is 0 Å². The molecule has 3 nitrogen and oxygen atoms in total. The van der Waals surface area contributed by atoms with Gasteiger partial charge in [-0.25, -0.2) is 0 Å². The Morgan fingerprint density at radius 2 is 2.00 bits per heavy atom. The molecule has 1 N–H and O–H groups in total. The molecule has 0 radical (unpaired) electrons. The van der Waals surface area contributed by atoms with Crippen molar-refractivity contribution in [1.82, 2.24) is 0 Å². The maximum atomic E-state index is 8.50. The minimum atomic E-state index is -0.324. The molecule has 0 aliphatic rings. The van der Waals surface area contributed by atoms with Gasteiger partial charge in [-0.1, -0.05) is 18.2 Å². The summed E-state index contributed by atoms with van der Waals surface area (Å²) in [6.45, 7) is 2.11. The van der Waals surface area contributed by atoms with Crippen molar-refractivity contribution < 1.29 is 14.6 Å². The zero-order chi connectivity index (χ0) is 9.52. The summed E-state index contributed by atoms with van der Waals surface area (Å²) in [7, 11) is 0. The lowest BCUT2D eigenvalue weighted by Gasteiger charge is -2.14. The molecule has 1 atom stereocenters. The second-order valence-electron chi connectivity index (χ2n) is 2.59. The summed E-state index contributed by atoms with van der Waals surface area (Å²) >= 11 is 0. The maximum absolute atomic E-state index is 8.50. The molecule has 1 rings (SSSR count). The molecule has 1 aromatic carbocycles. The number of hydrogen-bond donors (Lipinski definition) is 1. The lowest BCUT2D eigenvalue weighted by molar-refractivity contribution is -0.0760. The number of para-hydroxylation sites is 1. The van der Waals surface area contributed by atoms with Gasteiger partial charge < -0.3 is 14.6 Å². The van der Waals surface area contributed by atoms with Crippen LogP contribution in [-0.4, -0.2) is 24.6 Å². The molecule has 1 unspecified atom stereocenters. The van der Waals surface area contributed by atoms with Gasteiger partial charge in [-0.2, -0.15) is 0 Å². The molecule has 13 heavy (non-hydrogen) atoms. The van der Waals surface area contributed by atoms with Crippen LogP contribution >= 0.6 is 0 Å². The molecule has 0 amide bonds. The Morgan fingerprint density at radius 3 is 2.62 bits per heavy atom. The van der Waals surface area contributed by atoms with Crippen LogP contribution in [0.1, 0.15) is 6.92 Å². The number of aliphatic hydroxyl groups excluding tert-OH is 1. The van der Waals surface area contributed by atoms with Gasteiger partial charge in [0, 0.05) is 0 Å². The third-order valence-electron chi connectivity index (χ3n) is 1.49. The largest absolute Gasteiger partial charge is 0.465 e. The Bertz CT molecular complexity index is 223. The summed E-state index contributed by atoms with van der Waals surface area (Å²) in [5, 5.41) is 8.50. The monoisotopic (exact) mass is 182 g/mol. The standard InChI is InChI=1S/C10H14O3/c1-9(12-8-7-11)13-10-5-3-2-4-6-10/h2-6,9,11H,7-8H2,1H3. The summed E-state index contributed by atoms with van der Waals surface area (Å²) < 4.78 is 10.5. The first-order valence-electron chi connectivity index (χ1n) is 4.27. The Kier molecular flexibility index (Phi) is 4.29. The van der Waals surface area contributed by atoms with Gasteiger partial charge in [-0.05, 0) is 19.1 Å². The van der Waals surface area contributed by atoms with Crippen molar-refractivity contribution in [2.75, 3.05) is 13.2 Å². The first kappa shape index (κ1) is 10.0. The molecule has 0 aliphatic carbocycles. The van der Waals surface area contributed by atoms with Gasteiger partial charge in [0.25, 0.3) is 0 Å². The number of hydrogen-bond acceptors (Lipinski definition) is 3. The Balaban J connectivity index is 2.32. The van der Waals surface area contributed by atoms with Gasteiger partial charge in [-0.15, -0.1) is 0 Å². The molecular formula is C10H14O3. The smallest absolute Gasteiger partial charge is 0.197 e. The molecule has 0 spiro atoms. The van der Waals surface area contributed by atoms with E-state index in [1.54, 1.807) is 6.92 Å². The third-order valence-corrected chi connectivity index (χ3v) is 1.49. The summed E-state index contributed by atoms with van der Waals surface area (Å²) in [4.78, 5) is 0. The van der Waals surface area contributed by atoms with E-state index in [2.05, 4.69) is 0 Å². The van der Waals surface area contributed by atoms with Crippen molar-refractivity contribution >= 4 is 0 Å². The fraction of sp³-hybridized carbons (Fsp3) is 0.400. The topological polar surface area (TPSA) is 38.7 Å². The van der Waals surface area contributed by atoms with Crippen LogP contribution < -0.4 is 4.74 Å². The van der Waals surface area contributed by atoms with Crippen molar-refractivity contribution in [2.24, 2.45) is 0 Å². The van der Waals surface area contributed by atoms with E-state index in [4.69, 9.17) is 14.6 Å². The van der Waals surface area contributed by atoms with Crippen molar-refractivity contribution in [3.8, 4) is 5.75 Å². The van der Waals surface area contributed by atoms with Gasteiger partial charge in [-0.3, -0.25) is 0 Å². The van der Waals surface area contributed by atoms with Crippen LogP contribution in [0.25, 0.3) is 0 Å². The molecule has 1 aromatic rings. The van der Waals surface area contributed by atoms with E-state index < -0.39 is 0 Å². The van der Waals surface area contributed by atoms with Crippen LogP contribution in [0.5, 0.6) is 5.75 Å². The molecule has 0 fully saturated rings. The van der Waals surface area contributed by atoms with Crippen molar-refractivity contribution in [1.29, 1.82) is 0 Å². The van der Waals surface area contributed by atoms with E-state index >= 15 is 0 Å². The zero-order valence-corrected chi connectivity index (χ0v) is 7.64. The highest BCUT2D eigenvalue weighted by Gasteiger charge is 2.01. The predicted molar refractivity (Wildman–Crippen MR) is 49.6 cm³/mol. The lowest BCUT2D eigenvalue weighted by Crippen LogP contribution is -2.18. The van der Waals surface area contributed by atoms with Crippen LogP contribution in [0.4, 0.5) is 0 Å². The predicted octanol–water partition coefficient (Wildman–Crippen LogP) is 1.42. The van der Waals surface area contributed by atoms with Gasteiger partial charge in [0.2, 0.25) is 0 Å². The molecule has 0 bridgehead atoms. The van der Waals surface area contributed by atoms with E-state index in [1.165, 1.54) is 0 Å². The first-order valence-corrected chi connectivity index (χ1v) is 4.27. The van der Waals surface area contributed by atoms with Crippen molar-refractivity contribution in [3.05, 3.63) is 30.3 Å². The van der Waals surface area contributed by atoms with Crippen LogP contribution in [0, 0.1) is 0 Å². The van der Waals surface area contributed by atoms with Gasteiger partial charge in [0.15, 0.2) is 6.29 Å². The van der Waals surface area contributed by atoms with Crippen molar-refractivity contribution in [3.63, 3.8) is 0 Å². The minimum absolute atomic E-state index is 0.0164. The molecule has 72 valence electrons. The van der Waals surface area contributed by atoms with Gasteiger partial charge in [0.05, 0.1) is 13.2 Å². The minimum Gasteiger partial charge on any atom is -0.465 e. The van der Waals surface area contributed by atoms with E-state index in [0.717, 1.165) is 5.75 Å². The van der Waals surface area contributed by atoms with E-state index in [-0.39, 0.29) is 12.9 Å². The number of rotatable bonds is 5. The maximum Gasteiger partial charge on any atom is 0.197 e. The van der Waals surface area contributed by atoms with E-state index in [0.29, 0.717) is 6.61 Å². The molecule has 0 aromatic heterocycles. The van der Waals surface area contributed by atoms with Gasteiger partial charge in [0.1, 0.15) is 5.75 Å². The van der Waals surface area contributed by atoms with Crippen molar-refractivity contribution in [2.45, 2.75) is 13.2 Å². The SMILES string of the molecule is CC(OCCO)Oc1ccccc1. The average molecular weight is 182 g/mol. The quantitative estimate of drug-likeness (QED) is 0.700. The second-order valence-corrected chi connectivity index (χ2v) is 2.59. The fourth-order valence-electron chi connectivity index (χ4n) is 0.943. The molecule has 0 aliphatic heterocycles. The average Bonchev–Trinajstić information content (AvgIpc) is 2.16. The Morgan fingerprint density at radius 1 is 1.31 bits per heavy atom. The second kappa shape index (κ2) is 5.56. The number of aliphatic hydroxyl groups is 1. The Labute approximate surface area is 77.9 Å². The van der Waals surface area contributed by atoms with Gasteiger partial charge >= 0.3 is 0 Å². The zero-order valence-electron chi connectivity index (χ0n) is 7.64. The molecular weight excluding hydrogens is 168 g/mol. The summed E-state index contributed by atoms with van der Waals surface area (Å²) in [5.41, 5.74) is 0. The highest BCUT2D eigenvalue weighted by Crippen LogP contribution is 2.10. The highest BCUT2D eigenvalue weighted by molar-refractivity contribution is 5.20. The third kappa shape index (κ3) is 3.92. The molecule has 0 heterocycles. The first-order chi connectivity index (χ1) is 6.33. The number of benzene rings is 1. The Hall–Kier alpha value is -1.06. The lowest BCUT2D eigenvalue weighted by atomic mass is 10.3. The highest BCUT2D eigenvalue weighted by atomic mass is 16.7. The summed E-state index contributed by atoms with van der Waals surface area (Å²) in [5.74, 6) is 0.771. The van der Waals surface area contributed by atoms with Crippen LogP contribution in [-0.2, 0) is 4.74 Å². The van der Waals surface area contributed by atoms with Crippen LogP contribution in [0.15, 0.2) is 30.3 Å². The molecule has 3 heteroatoms. The normalized spacial score (nSPS) is 12.5. The van der Waals surface area contributed by atoms with Crippen LogP contribution in [0.2, 0.25) is 0 Å².